The number of aliphatic carboxylic acids is 1. The molecule has 3 aliphatic rings. The summed E-state index contributed by atoms with van der Waals surface area (Å²) in [6.45, 7) is 5.81. The second-order valence-electron chi connectivity index (χ2n) is 8.94. The van der Waals surface area contributed by atoms with Gasteiger partial charge in [0.1, 0.15) is 11.9 Å². The van der Waals surface area contributed by atoms with Gasteiger partial charge >= 0.3 is 12.1 Å². The molecule has 1 spiro atoms. The van der Waals surface area contributed by atoms with Crippen LogP contribution in [-0.2, 0) is 20.9 Å². The van der Waals surface area contributed by atoms with E-state index in [-0.39, 0.29) is 12.0 Å². The zero-order chi connectivity index (χ0) is 24.1. The minimum atomic E-state index is -5.08. The summed E-state index contributed by atoms with van der Waals surface area (Å²) in [7, 11) is 1.72. The van der Waals surface area contributed by atoms with Crippen molar-refractivity contribution in [2.45, 2.75) is 50.9 Å². The Balaban J connectivity index is 0.000000383. The van der Waals surface area contributed by atoms with Crippen LogP contribution in [0.5, 0.6) is 5.75 Å². The number of ether oxygens (including phenoxy) is 2. The predicted octanol–water partition coefficient (Wildman–Crippen LogP) is 3.32. The highest BCUT2D eigenvalue weighted by Crippen LogP contribution is 2.41. The minimum absolute atomic E-state index is 0.169. The molecule has 3 aliphatic heterocycles. The molecule has 1 N–H and O–H groups in total. The van der Waals surface area contributed by atoms with Crippen LogP contribution in [0.15, 0.2) is 24.3 Å². The number of carboxylic acid groups (broad SMARTS) is 1. The maximum Gasteiger partial charge on any atom is 0.490 e. The van der Waals surface area contributed by atoms with E-state index in [0.29, 0.717) is 5.41 Å². The number of alkyl halides is 3. The SMILES string of the molecule is COc1cccc(CN2CCC3(CCN(C(=O)[C@H]4CCCO4)CC3)C2)c1.O=C(O)C(F)(F)F. The van der Waals surface area contributed by atoms with Crippen LogP contribution in [0.3, 0.4) is 0 Å². The summed E-state index contributed by atoms with van der Waals surface area (Å²) in [5.41, 5.74) is 1.71. The Morgan fingerprint density at radius 3 is 2.45 bits per heavy atom. The lowest BCUT2D eigenvalue weighted by molar-refractivity contribution is -0.192. The van der Waals surface area contributed by atoms with Gasteiger partial charge in [0.15, 0.2) is 0 Å². The van der Waals surface area contributed by atoms with Crippen molar-refractivity contribution < 1.29 is 37.3 Å². The topological polar surface area (TPSA) is 79.3 Å². The van der Waals surface area contributed by atoms with Crippen LogP contribution in [0.25, 0.3) is 0 Å². The molecule has 33 heavy (non-hydrogen) atoms. The Hall–Kier alpha value is -2.33. The Kier molecular flexibility index (Phi) is 8.23. The fraction of sp³-hybridized carbons (Fsp3) is 0.652. The highest BCUT2D eigenvalue weighted by molar-refractivity contribution is 5.81. The zero-order valence-corrected chi connectivity index (χ0v) is 18.8. The average Bonchev–Trinajstić information content (AvgIpc) is 3.45. The van der Waals surface area contributed by atoms with Gasteiger partial charge in [0, 0.05) is 32.8 Å². The number of rotatable bonds is 4. The summed E-state index contributed by atoms with van der Waals surface area (Å²) in [5, 5.41) is 7.12. The molecule has 0 radical (unpaired) electrons. The predicted molar refractivity (Wildman–Crippen MR) is 114 cm³/mol. The van der Waals surface area contributed by atoms with E-state index in [1.54, 1.807) is 7.11 Å². The lowest BCUT2D eigenvalue weighted by atomic mass is 9.77. The lowest BCUT2D eigenvalue weighted by Crippen LogP contribution is -2.47. The number of likely N-dealkylation sites (tertiary alicyclic amines) is 2. The Morgan fingerprint density at radius 1 is 1.21 bits per heavy atom. The van der Waals surface area contributed by atoms with Crippen molar-refractivity contribution in [3.8, 4) is 5.75 Å². The largest absolute Gasteiger partial charge is 0.497 e. The third kappa shape index (κ3) is 6.83. The molecule has 0 saturated carbocycles. The van der Waals surface area contributed by atoms with Gasteiger partial charge in [-0.3, -0.25) is 9.69 Å². The zero-order valence-electron chi connectivity index (χ0n) is 18.8. The normalized spacial score (nSPS) is 22.7. The molecule has 3 heterocycles. The molecular formula is C23H31F3N2O5. The molecule has 0 aromatic heterocycles. The summed E-state index contributed by atoms with van der Waals surface area (Å²) in [6, 6.07) is 8.37. The van der Waals surface area contributed by atoms with E-state index < -0.39 is 12.1 Å². The second kappa shape index (κ2) is 10.7. The molecule has 1 atom stereocenters. The number of carboxylic acids is 1. The van der Waals surface area contributed by atoms with Crippen LogP contribution in [0.2, 0.25) is 0 Å². The van der Waals surface area contributed by atoms with Crippen molar-refractivity contribution in [3.05, 3.63) is 29.8 Å². The number of methoxy groups -OCH3 is 1. The first-order valence-corrected chi connectivity index (χ1v) is 11.2. The van der Waals surface area contributed by atoms with Gasteiger partial charge in [-0.2, -0.15) is 13.2 Å². The van der Waals surface area contributed by atoms with Crippen LogP contribution in [0.1, 0.15) is 37.7 Å². The number of piperidine rings is 1. The summed E-state index contributed by atoms with van der Waals surface area (Å²) >= 11 is 0. The van der Waals surface area contributed by atoms with Gasteiger partial charge in [-0.1, -0.05) is 12.1 Å². The molecule has 3 saturated heterocycles. The van der Waals surface area contributed by atoms with E-state index >= 15 is 0 Å². The fourth-order valence-corrected chi connectivity index (χ4v) is 4.78. The van der Waals surface area contributed by atoms with Crippen LogP contribution in [-0.4, -0.2) is 79.0 Å². The molecule has 0 aliphatic carbocycles. The smallest absolute Gasteiger partial charge is 0.490 e. The molecule has 4 rings (SSSR count). The Labute approximate surface area is 191 Å². The number of carbonyl (C=O) groups excluding carboxylic acids is 1. The Morgan fingerprint density at radius 2 is 1.88 bits per heavy atom. The summed E-state index contributed by atoms with van der Waals surface area (Å²) < 4.78 is 42.7. The number of nitrogens with zero attached hydrogens (tertiary/aromatic N) is 2. The van der Waals surface area contributed by atoms with Gasteiger partial charge in [-0.25, -0.2) is 4.79 Å². The number of benzene rings is 1. The van der Waals surface area contributed by atoms with Crippen molar-refractivity contribution in [1.29, 1.82) is 0 Å². The number of amides is 1. The third-order valence-corrected chi connectivity index (χ3v) is 6.64. The Bertz CT molecular complexity index is 819. The van der Waals surface area contributed by atoms with E-state index in [4.69, 9.17) is 19.4 Å². The van der Waals surface area contributed by atoms with Crippen molar-refractivity contribution >= 4 is 11.9 Å². The van der Waals surface area contributed by atoms with E-state index in [2.05, 4.69) is 23.1 Å². The molecular weight excluding hydrogens is 441 g/mol. The van der Waals surface area contributed by atoms with Gasteiger partial charge in [-0.05, 0) is 61.8 Å². The van der Waals surface area contributed by atoms with Crippen molar-refractivity contribution in [2.75, 3.05) is 39.9 Å². The maximum atomic E-state index is 12.5. The number of hydrogen-bond acceptors (Lipinski definition) is 5. The highest BCUT2D eigenvalue weighted by Gasteiger charge is 2.42. The molecule has 1 amide bonds. The quantitative estimate of drug-likeness (QED) is 0.725. The second-order valence-corrected chi connectivity index (χ2v) is 8.94. The average molecular weight is 473 g/mol. The standard InChI is InChI=1S/C21H30N2O3.C2HF3O2/c1-25-18-5-2-4-17(14-18)15-22-10-7-21(16-22)8-11-23(12-9-21)20(24)19-6-3-13-26-19;3-2(4,5)1(6)7/h2,4-5,14,19H,3,6-13,15-16H2,1H3;(H,6,7)/t19-;/m1./s1. The molecule has 10 heteroatoms. The first-order valence-electron chi connectivity index (χ1n) is 11.2. The van der Waals surface area contributed by atoms with Crippen molar-refractivity contribution in [1.82, 2.24) is 9.80 Å². The van der Waals surface area contributed by atoms with Crippen LogP contribution < -0.4 is 4.74 Å². The van der Waals surface area contributed by atoms with E-state index in [1.807, 2.05) is 11.0 Å². The van der Waals surface area contributed by atoms with Crippen LogP contribution in [0, 0.1) is 5.41 Å². The molecule has 1 aromatic carbocycles. The van der Waals surface area contributed by atoms with Gasteiger partial charge in [0.2, 0.25) is 0 Å². The summed E-state index contributed by atoms with van der Waals surface area (Å²) in [4.78, 5) is 26.1. The van der Waals surface area contributed by atoms with Gasteiger partial charge in [0.25, 0.3) is 5.91 Å². The monoisotopic (exact) mass is 472 g/mol. The van der Waals surface area contributed by atoms with Gasteiger partial charge in [-0.15, -0.1) is 0 Å². The molecule has 184 valence electrons. The van der Waals surface area contributed by atoms with E-state index in [1.165, 1.54) is 12.0 Å². The van der Waals surface area contributed by atoms with Crippen molar-refractivity contribution in [3.63, 3.8) is 0 Å². The fourth-order valence-electron chi connectivity index (χ4n) is 4.78. The molecule has 7 nitrogen and oxygen atoms in total. The van der Waals surface area contributed by atoms with Gasteiger partial charge < -0.3 is 19.5 Å². The lowest BCUT2D eigenvalue weighted by Gasteiger charge is -2.40. The molecule has 1 aromatic rings. The van der Waals surface area contributed by atoms with E-state index in [0.717, 1.165) is 70.8 Å². The summed E-state index contributed by atoms with van der Waals surface area (Å²) in [5.74, 6) is -1.60. The highest BCUT2D eigenvalue weighted by atomic mass is 19.4. The number of carbonyl (C=O) groups is 2. The molecule has 3 fully saturated rings. The molecule has 0 unspecified atom stereocenters. The molecule has 0 bridgehead atoms. The number of halogens is 3. The first-order chi connectivity index (χ1) is 15.6. The van der Waals surface area contributed by atoms with Crippen LogP contribution >= 0.6 is 0 Å². The minimum Gasteiger partial charge on any atom is -0.497 e. The maximum absolute atomic E-state index is 12.5. The third-order valence-electron chi connectivity index (χ3n) is 6.64. The van der Waals surface area contributed by atoms with Gasteiger partial charge in [0.05, 0.1) is 7.11 Å². The summed E-state index contributed by atoms with van der Waals surface area (Å²) in [6.07, 6.45) is 0.165. The first kappa shape index (κ1) is 25.3. The number of hydrogen-bond donors (Lipinski definition) is 1. The van der Waals surface area contributed by atoms with Crippen LogP contribution in [0.4, 0.5) is 13.2 Å². The van der Waals surface area contributed by atoms with Crippen molar-refractivity contribution in [2.24, 2.45) is 5.41 Å². The van der Waals surface area contributed by atoms with E-state index in [9.17, 15) is 18.0 Å².